The molecule has 1 saturated heterocycles. The van der Waals surface area contributed by atoms with Crippen LogP contribution >= 0.6 is 0 Å². The second-order valence-corrected chi connectivity index (χ2v) is 6.62. The molecule has 0 aromatic carbocycles. The number of hydrogen-bond acceptors (Lipinski definition) is 3. The summed E-state index contributed by atoms with van der Waals surface area (Å²) in [7, 11) is 0. The molecule has 1 aliphatic heterocycles. The molecule has 5 nitrogen and oxygen atoms in total. The SMILES string of the molecule is CC1=CC[C@H]2C[C@@H]1NC(=O)CCOCCC(=O)NC2(C)C. The lowest BCUT2D eigenvalue weighted by molar-refractivity contribution is -0.124. The summed E-state index contributed by atoms with van der Waals surface area (Å²) in [4.78, 5) is 24.0. The zero-order chi connectivity index (χ0) is 15.5. The van der Waals surface area contributed by atoms with Crippen molar-refractivity contribution in [3.63, 3.8) is 0 Å². The largest absolute Gasteiger partial charge is 0.380 e. The van der Waals surface area contributed by atoms with Gasteiger partial charge in [0.25, 0.3) is 0 Å². The first-order valence-corrected chi connectivity index (χ1v) is 7.73. The Kier molecular flexibility index (Phi) is 5.04. The molecular formula is C16H26N2O3. The second kappa shape index (κ2) is 6.60. The molecule has 2 aliphatic rings. The van der Waals surface area contributed by atoms with Crippen molar-refractivity contribution in [1.82, 2.24) is 10.6 Å². The van der Waals surface area contributed by atoms with E-state index in [0.717, 1.165) is 12.8 Å². The maximum absolute atomic E-state index is 12.0. The number of fused-ring (bicyclic) bond motifs is 2. The molecule has 0 aromatic rings. The van der Waals surface area contributed by atoms with E-state index in [0.29, 0.717) is 32.0 Å². The molecule has 118 valence electrons. The second-order valence-electron chi connectivity index (χ2n) is 6.62. The number of amides is 2. The monoisotopic (exact) mass is 294 g/mol. The summed E-state index contributed by atoms with van der Waals surface area (Å²) >= 11 is 0. The van der Waals surface area contributed by atoms with Crippen molar-refractivity contribution in [3.8, 4) is 0 Å². The minimum atomic E-state index is -0.286. The minimum absolute atomic E-state index is 0.0151. The first kappa shape index (κ1) is 16.0. The van der Waals surface area contributed by atoms with Crippen LogP contribution in [-0.4, -0.2) is 36.6 Å². The number of rotatable bonds is 0. The van der Waals surface area contributed by atoms with E-state index in [1.807, 2.05) is 0 Å². The van der Waals surface area contributed by atoms with Crippen LogP contribution in [0.25, 0.3) is 0 Å². The standard InChI is InChI=1S/C16H26N2O3/c1-11-4-5-12-10-13(11)17-14(19)6-8-21-9-7-15(20)18-16(12,2)3/h4,12-13H,5-10H2,1-3H3,(H,17,19)(H,18,20)/t12-,13-/m0/s1. The van der Waals surface area contributed by atoms with Crippen LogP contribution in [0.5, 0.6) is 0 Å². The van der Waals surface area contributed by atoms with Crippen LogP contribution in [0, 0.1) is 5.92 Å². The quantitative estimate of drug-likeness (QED) is 0.666. The normalized spacial score (nSPS) is 30.9. The number of allylic oxidation sites excluding steroid dienone is 1. The molecule has 2 amide bonds. The number of carbonyl (C=O) groups excluding carboxylic acids is 2. The van der Waals surface area contributed by atoms with Gasteiger partial charge in [-0.1, -0.05) is 11.6 Å². The van der Waals surface area contributed by atoms with E-state index in [-0.39, 0.29) is 23.4 Å². The lowest BCUT2D eigenvalue weighted by Crippen LogP contribution is -2.52. The van der Waals surface area contributed by atoms with Gasteiger partial charge in [0.15, 0.2) is 0 Å². The third kappa shape index (κ3) is 4.30. The highest BCUT2D eigenvalue weighted by Crippen LogP contribution is 2.32. The van der Waals surface area contributed by atoms with Crippen LogP contribution in [0.1, 0.15) is 46.5 Å². The minimum Gasteiger partial charge on any atom is -0.380 e. The highest BCUT2D eigenvalue weighted by molar-refractivity contribution is 5.77. The zero-order valence-corrected chi connectivity index (χ0v) is 13.2. The summed E-state index contributed by atoms with van der Waals surface area (Å²) in [5.41, 5.74) is 0.920. The molecule has 1 fully saturated rings. The van der Waals surface area contributed by atoms with Crippen LogP contribution < -0.4 is 10.6 Å². The lowest BCUT2D eigenvalue weighted by atomic mass is 9.75. The van der Waals surface area contributed by atoms with Crippen molar-refractivity contribution in [1.29, 1.82) is 0 Å². The Balaban J connectivity index is 2.17. The molecule has 0 unspecified atom stereocenters. The summed E-state index contributed by atoms with van der Waals surface area (Å²) in [6.45, 7) is 6.90. The van der Waals surface area contributed by atoms with Crippen LogP contribution in [-0.2, 0) is 14.3 Å². The first-order chi connectivity index (χ1) is 9.88. The van der Waals surface area contributed by atoms with Gasteiger partial charge in [0, 0.05) is 18.4 Å². The molecule has 21 heavy (non-hydrogen) atoms. The van der Waals surface area contributed by atoms with E-state index in [1.54, 1.807) is 0 Å². The van der Waals surface area contributed by atoms with Crippen molar-refractivity contribution in [2.24, 2.45) is 5.92 Å². The number of carbonyl (C=O) groups is 2. The van der Waals surface area contributed by atoms with Crippen molar-refractivity contribution < 1.29 is 14.3 Å². The van der Waals surface area contributed by atoms with Gasteiger partial charge in [-0.25, -0.2) is 0 Å². The Morgan fingerprint density at radius 1 is 1.19 bits per heavy atom. The van der Waals surface area contributed by atoms with E-state index in [2.05, 4.69) is 37.5 Å². The Morgan fingerprint density at radius 3 is 2.57 bits per heavy atom. The average molecular weight is 294 g/mol. The molecule has 0 saturated carbocycles. The van der Waals surface area contributed by atoms with Crippen LogP contribution in [0.4, 0.5) is 0 Å². The molecule has 2 atom stereocenters. The smallest absolute Gasteiger partial charge is 0.222 e. The fourth-order valence-electron chi connectivity index (χ4n) is 3.02. The predicted octanol–water partition coefficient (Wildman–Crippen LogP) is 1.53. The molecule has 0 spiro atoms. The van der Waals surface area contributed by atoms with Crippen molar-refractivity contribution in [3.05, 3.63) is 11.6 Å². The van der Waals surface area contributed by atoms with Gasteiger partial charge in [0.2, 0.25) is 11.8 Å². The molecule has 1 aliphatic carbocycles. The third-order valence-electron chi connectivity index (χ3n) is 4.56. The van der Waals surface area contributed by atoms with Crippen molar-refractivity contribution in [2.75, 3.05) is 13.2 Å². The molecular weight excluding hydrogens is 268 g/mol. The molecule has 2 rings (SSSR count). The molecule has 0 radical (unpaired) electrons. The molecule has 1 heterocycles. The third-order valence-corrected chi connectivity index (χ3v) is 4.56. The van der Waals surface area contributed by atoms with E-state index >= 15 is 0 Å². The molecule has 2 bridgehead atoms. The van der Waals surface area contributed by atoms with E-state index in [1.165, 1.54) is 5.57 Å². The summed E-state index contributed by atoms with van der Waals surface area (Å²) in [5.74, 6) is 0.350. The molecule has 0 aromatic heterocycles. The topological polar surface area (TPSA) is 67.4 Å². The Bertz CT molecular complexity index is 443. The number of ether oxygens (including phenoxy) is 1. The van der Waals surface area contributed by atoms with Crippen molar-refractivity contribution >= 4 is 11.8 Å². The van der Waals surface area contributed by atoms with Gasteiger partial charge >= 0.3 is 0 Å². The zero-order valence-electron chi connectivity index (χ0n) is 13.2. The molecule has 5 heteroatoms. The average Bonchev–Trinajstić information content (AvgIpc) is 2.39. The van der Waals surface area contributed by atoms with Gasteiger partial charge in [-0.15, -0.1) is 0 Å². The van der Waals surface area contributed by atoms with Gasteiger partial charge in [-0.2, -0.15) is 0 Å². The number of hydrogen-bond donors (Lipinski definition) is 2. The Morgan fingerprint density at radius 2 is 1.86 bits per heavy atom. The Hall–Kier alpha value is -1.36. The maximum Gasteiger partial charge on any atom is 0.222 e. The van der Waals surface area contributed by atoms with Gasteiger partial charge < -0.3 is 15.4 Å². The number of nitrogens with one attached hydrogen (secondary N) is 2. The summed E-state index contributed by atoms with van der Waals surface area (Å²) in [6.07, 6.45) is 4.67. The lowest BCUT2D eigenvalue weighted by Gasteiger charge is -2.40. The molecule has 2 N–H and O–H groups in total. The van der Waals surface area contributed by atoms with Crippen LogP contribution in [0.15, 0.2) is 11.6 Å². The van der Waals surface area contributed by atoms with Crippen molar-refractivity contribution in [2.45, 2.75) is 58.0 Å². The predicted molar refractivity (Wildman–Crippen MR) is 80.7 cm³/mol. The Labute approximate surface area is 126 Å². The summed E-state index contributed by atoms with van der Waals surface area (Å²) < 4.78 is 5.36. The van der Waals surface area contributed by atoms with Gasteiger partial charge in [-0.05, 0) is 39.5 Å². The van der Waals surface area contributed by atoms with Gasteiger partial charge in [-0.3, -0.25) is 9.59 Å². The van der Waals surface area contributed by atoms with E-state index in [9.17, 15) is 9.59 Å². The summed E-state index contributed by atoms with van der Waals surface area (Å²) in [6, 6.07) is 0.0631. The van der Waals surface area contributed by atoms with Gasteiger partial charge in [0.05, 0.1) is 19.3 Å². The highest BCUT2D eigenvalue weighted by atomic mass is 16.5. The fraction of sp³-hybridized carbons (Fsp3) is 0.750. The maximum atomic E-state index is 12.0. The first-order valence-electron chi connectivity index (χ1n) is 7.73. The summed E-state index contributed by atoms with van der Waals surface area (Å²) in [5, 5.41) is 6.20. The van der Waals surface area contributed by atoms with E-state index in [4.69, 9.17) is 4.74 Å². The van der Waals surface area contributed by atoms with Crippen LogP contribution in [0.2, 0.25) is 0 Å². The van der Waals surface area contributed by atoms with Gasteiger partial charge in [0.1, 0.15) is 0 Å². The van der Waals surface area contributed by atoms with E-state index < -0.39 is 0 Å². The highest BCUT2D eigenvalue weighted by Gasteiger charge is 2.35. The van der Waals surface area contributed by atoms with Crippen LogP contribution in [0.3, 0.4) is 0 Å². The fourth-order valence-corrected chi connectivity index (χ4v) is 3.02.